The minimum absolute atomic E-state index is 0.0802. The van der Waals surface area contributed by atoms with Gasteiger partial charge in [-0.05, 0) is 38.8 Å². The van der Waals surface area contributed by atoms with Crippen molar-refractivity contribution in [1.29, 1.82) is 0 Å². The highest BCUT2D eigenvalue weighted by molar-refractivity contribution is 5.27. The Hall–Kier alpha value is -1.15. The molecule has 1 atom stereocenters. The van der Waals surface area contributed by atoms with Crippen molar-refractivity contribution in [2.45, 2.75) is 39.7 Å². The van der Waals surface area contributed by atoms with Gasteiger partial charge in [-0.2, -0.15) is 0 Å². The molecule has 1 unspecified atom stereocenters. The molecule has 1 aromatic rings. The van der Waals surface area contributed by atoms with Gasteiger partial charge in [0.1, 0.15) is 5.82 Å². The Kier molecular flexibility index (Phi) is 5.36. The van der Waals surface area contributed by atoms with Crippen molar-refractivity contribution in [3.05, 3.63) is 47.3 Å². The molecule has 1 nitrogen and oxygen atoms in total. The zero-order valence-corrected chi connectivity index (χ0v) is 11.0. The highest BCUT2D eigenvalue weighted by atomic mass is 19.1. The molecule has 0 amide bonds. The van der Waals surface area contributed by atoms with Crippen LogP contribution in [0, 0.1) is 12.7 Å². The van der Waals surface area contributed by atoms with Crippen LogP contribution in [0.4, 0.5) is 4.39 Å². The highest BCUT2D eigenvalue weighted by Crippen LogP contribution is 2.24. The van der Waals surface area contributed by atoms with Crippen LogP contribution >= 0.6 is 0 Å². The lowest BCUT2D eigenvalue weighted by Gasteiger charge is -2.19. The van der Waals surface area contributed by atoms with Gasteiger partial charge in [-0.15, -0.1) is 6.58 Å². The standard InChI is InChI=1S/C15H22FN/c1-5-17-14(10-9-11(2)3)13-8-6-7-12(4)15(13)16/h6-8,14,17H,2,5,9-10H2,1,3-4H3. The Labute approximate surface area is 104 Å². The molecule has 0 heterocycles. The number of hydrogen-bond donors (Lipinski definition) is 1. The second-order valence-electron chi connectivity index (χ2n) is 4.58. The topological polar surface area (TPSA) is 12.0 Å². The summed E-state index contributed by atoms with van der Waals surface area (Å²) in [6.07, 6.45) is 1.81. The fourth-order valence-electron chi connectivity index (χ4n) is 1.94. The van der Waals surface area contributed by atoms with Crippen molar-refractivity contribution >= 4 is 0 Å². The number of allylic oxidation sites excluding steroid dienone is 1. The van der Waals surface area contributed by atoms with E-state index in [2.05, 4.69) is 11.9 Å². The SMILES string of the molecule is C=C(C)CCC(NCC)c1cccc(C)c1F. The molecule has 0 aromatic heterocycles. The van der Waals surface area contributed by atoms with Crippen molar-refractivity contribution in [1.82, 2.24) is 5.32 Å². The van der Waals surface area contributed by atoms with Gasteiger partial charge in [0.15, 0.2) is 0 Å². The lowest BCUT2D eigenvalue weighted by atomic mass is 9.97. The Morgan fingerprint density at radius 2 is 2.18 bits per heavy atom. The molecule has 0 aliphatic carbocycles. The fraction of sp³-hybridized carbons (Fsp3) is 0.467. The predicted molar refractivity (Wildman–Crippen MR) is 71.6 cm³/mol. The third kappa shape index (κ3) is 3.97. The summed E-state index contributed by atoms with van der Waals surface area (Å²) in [7, 11) is 0. The third-order valence-corrected chi connectivity index (χ3v) is 2.91. The van der Waals surface area contributed by atoms with Crippen LogP contribution in [0.3, 0.4) is 0 Å². The van der Waals surface area contributed by atoms with E-state index >= 15 is 0 Å². The van der Waals surface area contributed by atoms with Gasteiger partial charge in [0.25, 0.3) is 0 Å². The highest BCUT2D eigenvalue weighted by Gasteiger charge is 2.15. The van der Waals surface area contributed by atoms with Gasteiger partial charge in [-0.1, -0.05) is 30.7 Å². The van der Waals surface area contributed by atoms with E-state index in [1.165, 1.54) is 0 Å². The van der Waals surface area contributed by atoms with E-state index in [-0.39, 0.29) is 11.9 Å². The predicted octanol–water partition coefficient (Wildman–Crippen LogP) is 4.14. The molecule has 0 spiro atoms. The summed E-state index contributed by atoms with van der Waals surface area (Å²) in [6.45, 7) is 10.6. The molecule has 17 heavy (non-hydrogen) atoms. The maximum Gasteiger partial charge on any atom is 0.130 e. The van der Waals surface area contributed by atoms with Gasteiger partial charge in [0.05, 0.1) is 0 Å². The monoisotopic (exact) mass is 235 g/mol. The summed E-state index contributed by atoms with van der Waals surface area (Å²) in [6, 6.07) is 5.67. The van der Waals surface area contributed by atoms with Gasteiger partial charge < -0.3 is 5.32 Å². The lowest BCUT2D eigenvalue weighted by molar-refractivity contribution is 0.482. The molecule has 0 bridgehead atoms. The van der Waals surface area contributed by atoms with Crippen LogP contribution < -0.4 is 5.32 Å². The minimum Gasteiger partial charge on any atom is -0.310 e. The molecular weight excluding hydrogens is 213 g/mol. The van der Waals surface area contributed by atoms with Gasteiger partial charge >= 0.3 is 0 Å². The largest absolute Gasteiger partial charge is 0.310 e. The fourth-order valence-corrected chi connectivity index (χ4v) is 1.94. The third-order valence-electron chi connectivity index (χ3n) is 2.91. The second-order valence-corrected chi connectivity index (χ2v) is 4.58. The molecular formula is C15H22FN. The molecule has 94 valence electrons. The summed E-state index contributed by atoms with van der Waals surface area (Å²) in [4.78, 5) is 0. The molecule has 0 aliphatic heterocycles. The maximum atomic E-state index is 14.0. The average molecular weight is 235 g/mol. The van der Waals surface area contributed by atoms with Gasteiger partial charge in [0.2, 0.25) is 0 Å². The second kappa shape index (κ2) is 6.55. The van der Waals surface area contributed by atoms with Crippen LogP contribution in [0.1, 0.15) is 43.9 Å². The molecule has 1 N–H and O–H groups in total. The zero-order valence-electron chi connectivity index (χ0n) is 11.0. The summed E-state index contributed by atoms with van der Waals surface area (Å²) in [5.41, 5.74) is 2.62. The Balaban J connectivity index is 2.88. The van der Waals surface area contributed by atoms with Crippen LogP contribution in [-0.4, -0.2) is 6.54 Å². The van der Waals surface area contributed by atoms with E-state index < -0.39 is 0 Å². The van der Waals surface area contributed by atoms with Crippen LogP contribution in [0.5, 0.6) is 0 Å². The molecule has 0 fully saturated rings. The van der Waals surface area contributed by atoms with Gasteiger partial charge in [0, 0.05) is 11.6 Å². The van der Waals surface area contributed by atoms with E-state index in [4.69, 9.17) is 0 Å². The van der Waals surface area contributed by atoms with Crippen molar-refractivity contribution in [2.24, 2.45) is 0 Å². The van der Waals surface area contributed by atoms with Crippen molar-refractivity contribution in [3.8, 4) is 0 Å². The number of hydrogen-bond acceptors (Lipinski definition) is 1. The first kappa shape index (κ1) is 13.9. The average Bonchev–Trinajstić information content (AvgIpc) is 2.28. The summed E-state index contributed by atoms with van der Waals surface area (Å²) in [5, 5.41) is 3.34. The van der Waals surface area contributed by atoms with Crippen molar-refractivity contribution < 1.29 is 4.39 Å². The normalized spacial score (nSPS) is 12.5. The molecule has 1 rings (SSSR count). The Morgan fingerprint density at radius 3 is 2.76 bits per heavy atom. The molecule has 0 aliphatic rings. The van der Waals surface area contributed by atoms with Gasteiger partial charge in [-0.3, -0.25) is 0 Å². The van der Waals surface area contributed by atoms with Crippen molar-refractivity contribution in [2.75, 3.05) is 6.54 Å². The van der Waals surface area contributed by atoms with E-state index in [1.807, 2.05) is 26.0 Å². The van der Waals surface area contributed by atoms with Crippen LogP contribution in [0.25, 0.3) is 0 Å². The van der Waals surface area contributed by atoms with E-state index in [9.17, 15) is 4.39 Å². The molecule has 0 radical (unpaired) electrons. The quantitative estimate of drug-likeness (QED) is 0.731. The van der Waals surface area contributed by atoms with Crippen LogP contribution in [0.2, 0.25) is 0 Å². The number of benzene rings is 1. The summed E-state index contributed by atoms with van der Waals surface area (Å²) >= 11 is 0. The minimum atomic E-state index is -0.0832. The number of nitrogens with one attached hydrogen (secondary N) is 1. The first-order valence-corrected chi connectivity index (χ1v) is 6.19. The van der Waals surface area contributed by atoms with Crippen LogP contribution in [0.15, 0.2) is 30.4 Å². The number of halogens is 1. The van der Waals surface area contributed by atoms with Gasteiger partial charge in [-0.25, -0.2) is 4.39 Å². The molecule has 0 saturated heterocycles. The molecule has 1 aromatic carbocycles. The Morgan fingerprint density at radius 1 is 1.47 bits per heavy atom. The first-order chi connectivity index (χ1) is 8.06. The van der Waals surface area contributed by atoms with E-state index in [0.29, 0.717) is 5.56 Å². The molecule has 0 saturated carbocycles. The first-order valence-electron chi connectivity index (χ1n) is 6.19. The van der Waals surface area contributed by atoms with E-state index in [1.54, 1.807) is 13.0 Å². The number of rotatable bonds is 6. The summed E-state index contributed by atoms with van der Waals surface area (Å²) in [5.74, 6) is -0.0832. The van der Waals surface area contributed by atoms with Crippen LogP contribution in [-0.2, 0) is 0 Å². The summed E-state index contributed by atoms with van der Waals surface area (Å²) < 4.78 is 14.0. The molecule has 2 heteroatoms. The lowest BCUT2D eigenvalue weighted by Crippen LogP contribution is -2.22. The zero-order chi connectivity index (χ0) is 12.8. The number of aryl methyl sites for hydroxylation is 1. The Bertz CT molecular complexity index is 385. The smallest absolute Gasteiger partial charge is 0.130 e. The van der Waals surface area contributed by atoms with Crippen molar-refractivity contribution in [3.63, 3.8) is 0 Å². The maximum absolute atomic E-state index is 14.0. The van der Waals surface area contributed by atoms with E-state index in [0.717, 1.165) is 30.5 Å².